The number of carbonyl (C=O) groups is 2. The number of likely N-dealkylation sites (tertiary alicyclic amines) is 1. The van der Waals surface area contributed by atoms with Crippen molar-refractivity contribution in [2.75, 3.05) is 26.8 Å². The molecule has 1 aliphatic heterocycles. The van der Waals surface area contributed by atoms with Crippen LogP contribution in [0.4, 0.5) is 4.39 Å². The molecule has 1 saturated carbocycles. The minimum atomic E-state index is -0.663. The van der Waals surface area contributed by atoms with Crippen LogP contribution in [-0.4, -0.2) is 49.6 Å². The predicted molar refractivity (Wildman–Crippen MR) is 117 cm³/mol. The van der Waals surface area contributed by atoms with Gasteiger partial charge in [0.2, 0.25) is 11.8 Å². The van der Waals surface area contributed by atoms with Gasteiger partial charge in [-0.1, -0.05) is 42.5 Å². The fourth-order valence-electron chi connectivity index (χ4n) is 4.42. The molecule has 2 aliphatic rings. The largest absolute Gasteiger partial charge is 0.375 e. The molecular weight excluding hydrogens is 395 g/mol. The second-order valence-corrected chi connectivity index (χ2v) is 8.73. The van der Waals surface area contributed by atoms with E-state index in [9.17, 15) is 14.0 Å². The number of methoxy groups -OCH3 is 1. The number of piperidine rings is 1. The summed E-state index contributed by atoms with van der Waals surface area (Å²) >= 11 is 0. The van der Waals surface area contributed by atoms with E-state index >= 15 is 0 Å². The van der Waals surface area contributed by atoms with Crippen LogP contribution in [0.1, 0.15) is 31.2 Å². The van der Waals surface area contributed by atoms with Crippen molar-refractivity contribution in [3.63, 3.8) is 0 Å². The van der Waals surface area contributed by atoms with E-state index in [0.717, 1.165) is 36.8 Å². The average molecular weight is 425 g/mol. The third-order valence-electron chi connectivity index (χ3n) is 6.27. The summed E-state index contributed by atoms with van der Waals surface area (Å²) in [6.45, 7) is 1.06. The number of hydrogen-bond acceptors (Lipinski definition) is 3. The summed E-state index contributed by atoms with van der Waals surface area (Å²) in [6, 6.07) is 14.7. The van der Waals surface area contributed by atoms with Crippen LogP contribution in [0.5, 0.6) is 0 Å². The molecule has 1 saturated heterocycles. The summed E-state index contributed by atoms with van der Waals surface area (Å²) < 4.78 is 19.1. The van der Waals surface area contributed by atoms with Gasteiger partial charge in [-0.15, -0.1) is 0 Å². The van der Waals surface area contributed by atoms with Gasteiger partial charge in [0.1, 0.15) is 12.4 Å². The molecule has 0 bridgehead atoms. The van der Waals surface area contributed by atoms with Crippen LogP contribution in [0.2, 0.25) is 0 Å². The first-order chi connectivity index (χ1) is 15.0. The molecular formula is C25H29FN2O3. The van der Waals surface area contributed by atoms with Crippen molar-refractivity contribution in [2.24, 2.45) is 5.41 Å². The molecule has 5 nitrogen and oxygen atoms in total. The van der Waals surface area contributed by atoms with Crippen LogP contribution in [0, 0.1) is 11.2 Å². The number of benzene rings is 2. The Kier molecular flexibility index (Phi) is 6.37. The van der Waals surface area contributed by atoms with Crippen LogP contribution in [0.3, 0.4) is 0 Å². The Bertz CT molecular complexity index is 942. The maximum Gasteiger partial charge on any atom is 0.248 e. The average Bonchev–Trinajstić information content (AvgIpc) is 3.59. The van der Waals surface area contributed by atoms with Crippen LogP contribution in [0.15, 0.2) is 48.5 Å². The minimum Gasteiger partial charge on any atom is -0.375 e. The Morgan fingerprint density at radius 1 is 1.16 bits per heavy atom. The molecule has 1 unspecified atom stereocenters. The lowest BCUT2D eigenvalue weighted by molar-refractivity contribution is -0.144. The number of nitrogens with one attached hydrogen (secondary N) is 1. The molecule has 1 atom stereocenters. The summed E-state index contributed by atoms with van der Waals surface area (Å²) in [7, 11) is 1.51. The summed E-state index contributed by atoms with van der Waals surface area (Å²) in [5.41, 5.74) is 1.71. The van der Waals surface area contributed by atoms with E-state index in [1.165, 1.54) is 13.2 Å². The Morgan fingerprint density at radius 3 is 2.58 bits per heavy atom. The SMILES string of the molecule is COCC(=O)N1CCCC(Cc2ccc(-c3ccccc3F)cc2)(C(=O)NC2CC2)C1. The van der Waals surface area contributed by atoms with Crippen molar-refractivity contribution >= 4 is 11.8 Å². The van der Waals surface area contributed by atoms with E-state index in [-0.39, 0.29) is 30.3 Å². The van der Waals surface area contributed by atoms with E-state index in [0.29, 0.717) is 25.1 Å². The van der Waals surface area contributed by atoms with Gasteiger partial charge in [-0.25, -0.2) is 4.39 Å². The molecule has 31 heavy (non-hydrogen) atoms. The van der Waals surface area contributed by atoms with Gasteiger partial charge in [0.25, 0.3) is 0 Å². The fraction of sp³-hybridized carbons (Fsp3) is 0.440. The van der Waals surface area contributed by atoms with Gasteiger partial charge < -0.3 is 15.0 Å². The number of nitrogens with zero attached hydrogens (tertiary/aromatic N) is 1. The van der Waals surface area contributed by atoms with Gasteiger partial charge >= 0.3 is 0 Å². The molecule has 1 aliphatic carbocycles. The smallest absolute Gasteiger partial charge is 0.248 e. The first-order valence-electron chi connectivity index (χ1n) is 10.9. The van der Waals surface area contributed by atoms with E-state index in [1.54, 1.807) is 17.0 Å². The number of carbonyl (C=O) groups excluding carboxylic acids is 2. The molecule has 2 aromatic carbocycles. The maximum absolute atomic E-state index is 14.1. The highest BCUT2D eigenvalue weighted by Crippen LogP contribution is 2.36. The Morgan fingerprint density at radius 2 is 1.90 bits per heavy atom. The van der Waals surface area contributed by atoms with Crippen LogP contribution >= 0.6 is 0 Å². The predicted octanol–water partition coefficient (Wildman–Crippen LogP) is 3.57. The fourth-order valence-corrected chi connectivity index (χ4v) is 4.42. The molecule has 2 fully saturated rings. The number of rotatable bonds is 7. The van der Waals surface area contributed by atoms with Gasteiger partial charge in [-0.2, -0.15) is 0 Å². The van der Waals surface area contributed by atoms with Crippen molar-refractivity contribution in [1.29, 1.82) is 0 Å². The normalized spacial score (nSPS) is 21.0. The zero-order valence-corrected chi connectivity index (χ0v) is 17.9. The molecule has 1 heterocycles. The lowest BCUT2D eigenvalue weighted by atomic mass is 9.74. The molecule has 0 spiro atoms. The number of halogens is 1. The third-order valence-corrected chi connectivity index (χ3v) is 6.27. The number of hydrogen-bond donors (Lipinski definition) is 1. The topological polar surface area (TPSA) is 58.6 Å². The molecule has 0 radical (unpaired) electrons. The Labute approximate surface area is 182 Å². The third kappa shape index (κ3) is 4.96. The van der Waals surface area contributed by atoms with Crippen molar-refractivity contribution < 1.29 is 18.7 Å². The minimum absolute atomic E-state index is 0.0255. The van der Waals surface area contributed by atoms with Crippen molar-refractivity contribution in [1.82, 2.24) is 10.2 Å². The highest BCUT2D eigenvalue weighted by atomic mass is 19.1. The van der Waals surface area contributed by atoms with Crippen LogP contribution in [0.25, 0.3) is 11.1 Å². The van der Waals surface area contributed by atoms with Crippen molar-refractivity contribution in [2.45, 2.75) is 38.1 Å². The van der Waals surface area contributed by atoms with Gasteiger partial charge in [-0.05, 0) is 49.3 Å². The van der Waals surface area contributed by atoms with Gasteiger partial charge in [0.05, 0.1) is 5.41 Å². The zero-order chi connectivity index (χ0) is 21.8. The molecule has 164 valence electrons. The molecule has 1 N–H and O–H groups in total. The number of ether oxygens (including phenoxy) is 1. The summed E-state index contributed by atoms with van der Waals surface area (Å²) in [6.07, 6.45) is 4.09. The van der Waals surface area contributed by atoms with Gasteiger partial charge in [0.15, 0.2) is 0 Å². The van der Waals surface area contributed by atoms with Crippen LogP contribution < -0.4 is 5.32 Å². The lowest BCUT2D eigenvalue weighted by Gasteiger charge is -2.42. The molecule has 4 rings (SSSR count). The summed E-state index contributed by atoms with van der Waals surface area (Å²) in [5, 5.41) is 3.16. The molecule has 6 heteroatoms. The second kappa shape index (κ2) is 9.18. The second-order valence-electron chi connectivity index (χ2n) is 8.73. The van der Waals surface area contributed by atoms with Crippen molar-refractivity contribution in [3.05, 3.63) is 59.9 Å². The monoisotopic (exact) mass is 424 g/mol. The maximum atomic E-state index is 14.1. The van der Waals surface area contributed by atoms with Gasteiger partial charge in [0, 0.05) is 31.8 Å². The number of amides is 2. The van der Waals surface area contributed by atoms with Gasteiger partial charge in [-0.3, -0.25) is 9.59 Å². The van der Waals surface area contributed by atoms with E-state index in [2.05, 4.69) is 5.32 Å². The van der Waals surface area contributed by atoms with Crippen LogP contribution in [-0.2, 0) is 20.7 Å². The zero-order valence-electron chi connectivity index (χ0n) is 17.9. The van der Waals surface area contributed by atoms with E-state index in [1.807, 2.05) is 30.3 Å². The molecule has 0 aromatic heterocycles. The quantitative estimate of drug-likeness (QED) is 0.739. The van der Waals surface area contributed by atoms with E-state index < -0.39 is 5.41 Å². The first-order valence-corrected chi connectivity index (χ1v) is 10.9. The molecule has 2 amide bonds. The highest BCUT2D eigenvalue weighted by molar-refractivity contribution is 5.85. The first kappa shape index (κ1) is 21.5. The lowest BCUT2D eigenvalue weighted by Crippen LogP contribution is -2.55. The molecule has 2 aromatic rings. The van der Waals surface area contributed by atoms with E-state index in [4.69, 9.17) is 4.74 Å². The summed E-state index contributed by atoms with van der Waals surface area (Å²) in [4.78, 5) is 27.5. The van der Waals surface area contributed by atoms with Crippen molar-refractivity contribution in [3.8, 4) is 11.1 Å². The summed E-state index contributed by atoms with van der Waals surface area (Å²) in [5.74, 6) is -0.307. The Balaban J connectivity index is 1.56. The highest BCUT2D eigenvalue weighted by Gasteiger charge is 2.44. The standard InChI is InChI=1S/C25H29FN2O3/c1-31-16-23(29)28-14-4-13-25(17-28,24(30)27-20-11-12-20)15-18-7-9-19(10-8-18)21-5-2-3-6-22(21)26/h2-3,5-10,20H,4,11-17H2,1H3,(H,27,30). The Hall–Kier alpha value is -2.73.